The summed E-state index contributed by atoms with van der Waals surface area (Å²) in [6.07, 6.45) is 2.45. The number of hydrogen-bond acceptors (Lipinski definition) is 3. The van der Waals surface area contributed by atoms with Gasteiger partial charge >= 0.3 is 5.97 Å². The summed E-state index contributed by atoms with van der Waals surface area (Å²) in [6.45, 7) is 0. The van der Waals surface area contributed by atoms with Crippen molar-refractivity contribution in [3.8, 4) is 0 Å². The highest BCUT2D eigenvalue weighted by Gasteiger charge is 2.10. The molecule has 2 rings (SSSR count). The van der Waals surface area contributed by atoms with Crippen LogP contribution in [0.5, 0.6) is 0 Å². The number of carbonyl (C=O) groups is 2. The zero-order valence-corrected chi connectivity index (χ0v) is 10.9. The fourth-order valence-electron chi connectivity index (χ4n) is 1.52. The average molecular weight is 292 g/mol. The quantitative estimate of drug-likeness (QED) is 0.847. The molecule has 1 heterocycles. The van der Waals surface area contributed by atoms with Crippen LogP contribution in [0.15, 0.2) is 46.9 Å². The third-order valence-electron chi connectivity index (χ3n) is 2.36. The van der Waals surface area contributed by atoms with Crippen LogP contribution in [0.2, 0.25) is 5.22 Å². The Bertz CT molecular complexity index is 675. The van der Waals surface area contributed by atoms with E-state index in [1.54, 1.807) is 24.3 Å². The van der Waals surface area contributed by atoms with Crippen LogP contribution in [0.4, 0.5) is 5.69 Å². The monoisotopic (exact) mass is 291 g/mol. The van der Waals surface area contributed by atoms with E-state index in [0.29, 0.717) is 11.3 Å². The van der Waals surface area contributed by atoms with Crippen LogP contribution in [0.1, 0.15) is 16.1 Å². The molecule has 0 aliphatic rings. The molecule has 0 radical (unpaired) electrons. The molecule has 0 saturated heterocycles. The Morgan fingerprint density at radius 2 is 2.05 bits per heavy atom. The molecule has 1 aromatic heterocycles. The molecular weight excluding hydrogens is 282 g/mol. The molecular formula is C14H10ClNO4. The maximum Gasteiger partial charge on any atom is 0.328 e. The number of carbonyl (C=O) groups excluding carboxylic acids is 1. The topological polar surface area (TPSA) is 79.5 Å². The summed E-state index contributed by atoms with van der Waals surface area (Å²) in [5, 5.41) is 11.3. The number of nitrogens with one attached hydrogen (secondary N) is 1. The maximum atomic E-state index is 11.8. The Hall–Kier alpha value is -2.53. The van der Waals surface area contributed by atoms with Crippen molar-refractivity contribution in [2.45, 2.75) is 0 Å². The smallest absolute Gasteiger partial charge is 0.328 e. The lowest BCUT2D eigenvalue weighted by Gasteiger charge is -2.04. The second-order valence-electron chi connectivity index (χ2n) is 3.85. The summed E-state index contributed by atoms with van der Waals surface area (Å²) in [5.41, 5.74) is 1.18. The zero-order chi connectivity index (χ0) is 14.5. The number of carboxylic acids is 1. The van der Waals surface area contributed by atoms with Gasteiger partial charge in [0.25, 0.3) is 5.91 Å². The van der Waals surface area contributed by atoms with Gasteiger partial charge in [0, 0.05) is 11.8 Å². The fraction of sp³-hybridized carbons (Fsp3) is 0. The lowest BCUT2D eigenvalue weighted by molar-refractivity contribution is -0.131. The molecule has 0 saturated carbocycles. The summed E-state index contributed by atoms with van der Waals surface area (Å²) < 4.78 is 4.99. The third-order valence-corrected chi connectivity index (χ3v) is 2.56. The minimum atomic E-state index is -1.04. The van der Waals surface area contributed by atoms with Crippen LogP contribution in [-0.2, 0) is 4.79 Å². The standard InChI is InChI=1S/C14H10ClNO4/c15-12-6-5-11(20-12)14(19)16-10-3-1-2-9(8-10)4-7-13(17)18/h1-8H,(H,16,19)(H,17,18)/b7-4+. The van der Waals surface area contributed by atoms with Crippen LogP contribution in [0.3, 0.4) is 0 Å². The Labute approximate surface area is 119 Å². The Balaban J connectivity index is 2.11. The molecule has 0 spiro atoms. The lowest BCUT2D eigenvalue weighted by Crippen LogP contribution is -2.10. The molecule has 0 bridgehead atoms. The van der Waals surface area contributed by atoms with Crippen LogP contribution in [-0.4, -0.2) is 17.0 Å². The molecule has 0 aliphatic carbocycles. The van der Waals surface area contributed by atoms with Crippen molar-refractivity contribution in [1.82, 2.24) is 0 Å². The van der Waals surface area contributed by atoms with Crippen molar-refractivity contribution in [3.05, 3.63) is 59.0 Å². The SMILES string of the molecule is O=C(O)/C=C/c1cccc(NC(=O)c2ccc(Cl)o2)c1. The second kappa shape index (κ2) is 6.08. The van der Waals surface area contributed by atoms with Crippen LogP contribution >= 0.6 is 11.6 Å². The highest BCUT2D eigenvalue weighted by molar-refractivity contribution is 6.29. The van der Waals surface area contributed by atoms with Gasteiger partial charge in [0.15, 0.2) is 11.0 Å². The van der Waals surface area contributed by atoms with Gasteiger partial charge in [-0.3, -0.25) is 4.79 Å². The number of halogens is 1. The summed E-state index contributed by atoms with van der Waals surface area (Å²) in [4.78, 5) is 22.3. The number of furan rings is 1. The normalized spacial score (nSPS) is 10.7. The van der Waals surface area contributed by atoms with E-state index < -0.39 is 11.9 Å². The van der Waals surface area contributed by atoms with E-state index in [1.807, 2.05) is 0 Å². The predicted octanol–water partition coefficient (Wildman–Crippen LogP) is 3.28. The van der Waals surface area contributed by atoms with Gasteiger partial charge in [0.05, 0.1) is 0 Å². The molecule has 20 heavy (non-hydrogen) atoms. The first-order valence-corrected chi connectivity index (χ1v) is 6.00. The summed E-state index contributed by atoms with van der Waals surface area (Å²) in [7, 11) is 0. The first kappa shape index (κ1) is 13.9. The van der Waals surface area contributed by atoms with Gasteiger partial charge in [-0.05, 0) is 47.5 Å². The van der Waals surface area contributed by atoms with Gasteiger partial charge in [-0.1, -0.05) is 12.1 Å². The van der Waals surface area contributed by atoms with Gasteiger partial charge in [0.1, 0.15) is 0 Å². The highest BCUT2D eigenvalue weighted by atomic mass is 35.5. The highest BCUT2D eigenvalue weighted by Crippen LogP contribution is 2.16. The summed E-state index contributed by atoms with van der Waals surface area (Å²) in [5.74, 6) is -1.37. The van der Waals surface area contributed by atoms with Gasteiger partial charge in [-0.2, -0.15) is 0 Å². The number of benzene rings is 1. The van der Waals surface area contributed by atoms with Crippen LogP contribution in [0, 0.1) is 0 Å². The molecule has 0 atom stereocenters. The molecule has 0 aliphatic heterocycles. The molecule has 1 amide bonds. The maximum absolute atomic E-state index is 11.8. The van der Waals surface area contributed by atoms with Gasteiger partial charge in [-0.25, -0.2) is 4.79 Å². The van der Waals surface area contributed by atoms with E-state index in [0.717, 1.165) is 6.08 Å². The van der Waals surface area contributed by atoms with E-state index in [-0.39, 0.29) is 11.0 Å². The van der Waals surface area contributed by atoms with E-state index in [4.69, 9.17) is 21.1 Å². The van der Waals surface area contributed by atoms with E-state index >= 15 is 0 Å². The third kappa shape index (κ3) is 3.73. The van der Waals surface area contributed by atoms with Crippen molar-refractivity contribution < 1.29 is 19.1 Å². The lowest BCUT2D eigenvalue weighted by atomic mass is 10.2. The zero-order valence-electron chi connectivity index (χ0n) is 10.2. The van der Waals surface area contributed by atoms with Crippen molar-refractivity contribution in [3.63, 3.8) is 0 Å². The largest absolute Gasteiger partial charge is 0.478 e. The fourth-order valence-corrected chi connectivity index (χ4v) is 1.66. The molecule has 6 heteroatoms. The Kier molecular flexibility index (Phi) is 4.22. The predicted molar refractivity (Wildman–Crippen MR) is 74.8 cm³/mol. The summed E-state index contributed by atoms with van der Waals surface area (Å²) in [6, 6.07) is 9.68. The molecule has 2 N–H and O–H groups in total. The molecule has 102 valence electrons. The Morgan fingerprint density at radius 1 is 1.25 bits per heavy atom. The number of amides is 1. The Morgan fingerprint density at radius 3 is 2.70 bits per heavy atom. The van der Waals surface area contributed by atoms with Gasteiger partial charge in [0.2, 0.25) is 0 Å². The second-order valence-corrected chi connectivity index (χ2v) is 4.23. The van der Waals surface area contributed by atoms with Crippen molar-refractivity contribution >= 4 is 35.2 Å². The van der Waals surface area contributed by atoms with E-state index in [9.17, 15) is 9.59 Å². The molecule has 0 unspecified atom stereocenters. The average Bonchev–Trinajstić information content (AvgIpc) is 2.84. The van der Waals surface area contributed by atoms with Gasteiger partial charge < -0.3 is 14.8 Å². The molecule has 2 aromatic rings. The number of hydrogen-bond donors (Lipinski definition) is 2. The number of rotatable bonds is 4. The van der Waals surface area contributed by atoms with E-state index in [2.05, 4.69) is 5.32 Å². The first-order chi connectivity index (χ1) is 9.54. The number of carboxylic acid groups (broad SMARTS) is 1. The van der Waals surface area contributed by atoms with Crippen molar-refractivity contribution in [2.75, 3.05) is 5.32 Å². The van der Waals surface area contributed by atoms with Crippen LogP contribution in [0.25, 0.3) is 6.08 Å². The van der Waals surface area contributed by atoms with Crippen LogP contribution < -0.4 is 5.32 Å². The summed E-state index contributed by atoms with van der Waals surface area (Å²) >= 11 is 5.59. The van der Waals surface area contributed by atoms with E-state index in [1.165, 1.54) is 18.2 Å². The van der Waals surface area contributed by atoms with Crippen molar-refractivity contribution in [2.24, 2.45) is 0 Å². The van der Waals surface area contributed by atoms with Crippen molar-refractivity contribution in [1.29, 1.82) is 0 Å². The molecule has 1 aromatic carbocycles. The first-order valence-electron chi connectivity index (χ1n) is 5.62. The number of anilines is 1. The van der Waals surface area contributed by atoms with Gasteiger partial charge in [-0.15, -0.1) is 0 Å². The minimum Gasteiger partial charge on any atom is -0.478 e. The number of aliphatic carboxylic acids is 1. The minimum absolute atomic E-state index is 0.0986. The molecule has 0 fully saturated rings. The molecule has 5 nitrogen and oxygen atoms in total.